The molecule has 6 nitrogen and oxygen atoms in total. The third kappa shape index (κ3) is 3.76. The number of anilines is 1. The lowest BCUT2D eigenvalue weighted by Gasteiger charge is -2.24. The summed E-state index contributed by atoms with van der Waals surface area (Å²) < 4.78 is 0. The lowest BCUT2D eigenvalue weighted by atomic mass is 9.84. The Hall–Kier alpha value is -3.15. The lowest BCUT2D eigenvalue weighted by molar-refractivity contribution is -0.123. The summed E-state index contributed by atoms with van der Waals surface area (Å²) in [5, 5.41) is 7.87. The minimum atomic E-state index is -1.16. The van der Waals surface area contributed by atoms with Crippen molar-refractivity contribution in [3.8, 4) is 0 Å². The van der Waals surface area contributed by atoms with Crippen LogP contribution in [0.3, 0.4) is 0 Å². The molecule has 0 saturated carbocycles. The Labute approximate surface area is 164 Å². The summed E-state index contributed by atoms with van der Waals surface area (Å²) in [5.41, 5.74) is 1.00. The van der Waals surface area contributed by atoms with Crippen molar-refractivity contribution in [1.29, 1.82) is 0 Å². The predicted octanol–water partition coefficient (Wildman–Crippen LogP) is 3.51. The Bertz CT molecular complexity index is 897. The standard InChI is InChI=1S/C22H25N3O3/c1-4-14(2)18(15-9-6-5-7-10-15)19(26)23-17-12-8-11-16(13-17)22(3)20(27)24-21(28)25-22/h5-14,18H,4H2,1-3H3,(H,23,26)(H2,24,25,27,28). The monoisotopic (exact) mass is 379 g/mol. The molecule has 3 N–H and O–H groups in total. The molecule has 1 aliphatic rings. The summed E-state index contributed by atoms with van der Waals surface area (Å²) in [4.78, 5) is 36.8. The second-order valence-corrected chi connectivity index (χ2v) is 7.38. The number of hydrogen-bond acceptors (Lipinski definition) is 3. The Morgan fingerprint density at radius 1 is 1.11 bits per heavy atom. The summed E-state index contributed by atoms with van der Waals surface area (Å²) in [7, 11) is 0. The number of benzene rings is 2. The molecular formula is C22H25N3O3. The second kappa shape index (κ2) is 7.84. The van der Waals surface area contributed by atoms with E-state index in [1.807, 2.05) is 30.3 Å². The Morgan fingerprint density at radius 2 is 1.82 bits per heavy atom. The van der Waals surface area contributed by atoms with Crippen molar-refractivity contribution >= 4 is 23.5 Å². The molecule has 146 valence electrons. The quantitative estimate of drug-likeness (QED) is 0.671. The largest absolute Gasteiger partial charge is 0.326 e. The van der Waals surface area contributed by atoms with E-state index in [1.54, 1.807) is 31.2 Å². The molecule has 1 fully saturated rings. The fourth-order valence-electron chi connectivity index (χ4n) is 3.51. The molecule has 2 aromatic rings. The topological polar surface area (TPSA) is 87.3 Å². The van der Waals surface area contributed by atoms with Gasteiger partial charge in [0.25, 0.3) is 5.91 Å². The van der Waals surface area contributed by atoms with Crippen molar-refractivity contribution in [2.45, 2.75) is 38.6 Å². The molecule has 1 aliphatic heterocycles. The van der Waals surface area contributed by atoms with E-state index in [1.165, 1.54) is 0 Å². The zero-order valence-electron chi connectivity index (χ0n) is 16.3. The van der Waals surface area contributed by atoms with Gasteiger partial charge in [-0.1, -0.05) is 62.7 Å². The molecule has 0 aromatic heterocycles. The maximum Gasteiger partial charge on any atom is 0.322 e. The van der Waals surface area contributed by atoms with Crippen molar-refractivity contribution in [3.63, 3.8) is 0 Å². The molecular weight excluding hydrogens is 354 g/mol. The fraction of sp³-hybridized carbons (Fsp3) is 0.318. The van der Waals surface area contributed by atoms with E-state index in [-0.39, 0.29) is 17.7 Å². The summed E-state index contributed by atoms with van der Waals surface area (Å²) in [6.07, 6.45) is 0.872. The van der Waals surface area contributed by atoms with Gasteiger partial charge < -0.3 is 10.6 Å². The van der Waals surface area contributed by atoms with Crippen molar-refractivity contribution in [2.24, 2.45) is 5.92 Å². The van der Waals surface area contributed by atoms with Gasteiger partial charge in [0.1, 0.15) is 5.54 Å². The summed E-state index contributed by atoms with van der Waals surface area (Å²) in [5.74, 6) is -0.617. The third-order valence-corrected chi connectivity index (χ3v) is 5.41. The van der Waals surface area contributed by atoms with Crippen LogP contribution in [0, 0.1) is 5.92 Å². The number of carbonyl (C=O) groups is 3. The van der Waals surface area contributed by atoms with Gasteiger partial charge in [0.15, 0.2) is 0 Å². The highest BCUT2D eigenvalue weighted by molar-refractivity contribution is 6.07. The van der Waals surface area contributed by atoms with Crippen molar-refractivity contribution in [1.82, 2.24) is 10.6 Å². The van der Waals surface area contributed by atoms with Crippen molar-refractivity contribution in [2.75, 3.05) is 5.32 Å². The molecule has 0 bridgehead atoms. The molecule has 2 aromatic carbocycles. The number of nitrogens with one attached hydrogen (secondary N) is 3. The van der Waals surface area contributed by atoms with Crippen molar-refractivity contribution in [3.05, 3.63) is 65.7 Å². The zero-order chi connectivity index (χ0) is 20.3. The van der Waals surface area contributed by atoms with E-state index in [9.17, 15) is 14.4 Å². The highest BCUT2D eigenvalue weighted by atomic mass is 16.2. The Balaban J connectivity index is 1.86. The van der Waals surface area contributed by atoms with E-state index in [4.69, 9.17) is 0 Å². The fourth-order valence-corrected chi connectivity index (χ4v) is 3.51. The SMILES string of the molecule is CCC(C)C(C(=O)Nc1cccc(C2(C)NC(=O)NC2=O)c1)c1ccccc1. The van der Waals surface area contributed by atoms with Gasteiger partial charge in [-0.3, -0.25) is 14.9 Å². The summed E-state index contributed by atoms with van der Waals surface area (Å²) in [6, 6.07) is 16.2. The number of amides is 4. The molecule has 0 radical (unpaired) electrons. The highest BCUT2D eigenvalue weighted by Crippen LogP contribution is 2.30. The van der Waals surface area contributed by atoms with Crippen LogP contribution in [0.4, 0.5) is 10.5 Å². The Morgan fingerprint density at radius 3 is 2.43 bits per heavy atom. The number of rotatable bonds is 6. The first-order chi connectivity index (χ1) is 13.3. The number of carbonyl (C=O) groups excluding carboxylic acids is 3. The van der Waals surface area contributed by atoms with Crippen LogP contribution in [0.2, 0.25) is 0 Å². The van der Waals surface area contributed by atoms with Gasteiger partial charge in [-0.25, -0.2) is 4.79 Å². The first-order valence-electron chi connectivity index (χ1n) is 9.45. The minimum Gasteiger partial charge on any atom is -0.326 e. The molecule has 28 heavy (non-hydrogen) atoms. The molecule has 3 atom stereocenters. The van der Waals surface area contributed by atoms with E-state index >= 15 is 0 Å². The summed E-state index contributed by atoms with van der Waals surface area (Å²) in [6.45, 7) is 5.77. The number of urea groups is 1. The van der Waals surface area contributed by atoms with Crippen LogP contribution in [0.5, 0.6) is 0 Å². The second-order valence-electron chi connectivity index (χ2n) is 7.38. The average molecular weight is 379 g/mol. The predicted molar refractivity (Wildman–Crippen MR) is 108 cm³/mol. The lowest BCUT2D eigenvalue weighted by Crippen LogP contribution is -2.40. The van der Waals surface area contributed by atoms with Crippen LogP contribution in [-0.4, -0.2) is 17.8 Å². The van der Waals surface area contributed by atoms with Crippen LogP contribution in [0.25, 0.3) is 0 Å². The van der Waals surface area contributed by atoms with Gasteiger partial charge in [0, 0.05) is 5.69 Å². The molecule has 1 heterocycles. The summed E-state index contributed by atoms with van der Waals surface area (Å²) >= 11 is 0. The van der Waals surface area contributed by atoms with E-state index in [2.05, 4.69) is 29.8 Å². The average Bonchev–Trinajstić information content (AvgIpc) is 2.95. The number of imide groups is 1. The van der Waals surface area contributed by atoms with E-state index in [0.717, 1.165) is 12.0 Å². The maximum absolute atomic E-state index is 13.1. The molecule has 3 rings (SSSR count). The van der Waals surface area contributed by atoms with Crippen LogP contribution >= 0.6 is 0 Å². The normalized spacial score (nSPS) is 20.8. The highest BCUT2D eigenvalue weighted by Gasteiger charge is 2.43. The van der Waals surface area contributed by atoms with Gasteiger partial charge in [-0.05, 0) is 36.1 Å². The van der Waals surface area contributed by atoms with Gasteiger partial charge in [-0.15, -0.1) is 0 Å². The molecule has 3 unspecified atom stereocenters. The van der Waals surface area contributed by atoms with Crippen LogP contribution < -0.4 is 16.0 Å². The van der Waals surface area contributed by atoms with Crippen LogP contribution in [-0.2, 0) is 15.1 Å². The van der Waals surface area contributed by atoms with E-state index in [0.29, 0.717) is 11.3 Å². The van der Waals surface area contributed by atoms with Crippen LogP contribution in [0.15, 0.2) is 54.6 Å². The van der Waals surface area contributed by atoms with Crippen LogP contribution in [0.1, 0.15) is 44.2 Å². The van der Waals surface area contributed by atoms with Gasteiger partial charge in [-0.2, -0.15) is 0 Å². The molecule has 1 saturated heterocycles. The molecule has 6 heteroatoms. The van der Waals surface area contributed by atoms with Gasteiger partial charge >= 0.3 is 6.03 Å². The first-order valence-corrected chi connectivity index (χ1v) is 9.45. The molecule has 0 spiro atoms. The van der Waals surface area contributed by atoms with E-state index < -0.39 is 17.5 Å². The Kier molecular flexibility index (Phi) is 5.49. The number of hydrogen-bond donors (Lipinski definition) is 3. The third-order valence-electron chi connectivity index (χ3n) is 5.41. The smallest absolute Gasteiger partial charge is 0.322 e. The van der Waals surface area contributed by atoms with Gasteiger partial charge in [0.2, 0.25) is 5.91 Å². The molecule has 4 amide bonds. The molecule has 0 aliphatic carbocycles. The first kappa shape index (κ1) is 19.6. The minimum absolute atomic E-state index is 0.0947. The van der Waals surface area contributed by atoms with Gasteiger partial charge in [0.05, 0.1) is 5.92 Å². The zero-order valence-corrected chi connectivity index (χ0v) is 16.3. The van der Waals surface area contributed by atoms with Crippen molar-refractivity contribution < 1.29 is 14.4 Å². The maximum atomic E-state index is 13.1.